The van der Waals surface area contributed by atoms with Crippen LogP contribution in [0.1, 0.15) is 118 Å². The highest BCUT2D eigenvalue weighted by atomic mass is 19.4. The molecule has 0 bridgehead atoms. The Labute approximate surface area is 333 Å². The van der Waals surface area contributed by atoms with Crippen LogP contribution in [0.5, 0.6) is 0 Å². The van der Waals surface area contributed by atoms with Crippen LogP contribution in [0.25, 0.3) is 11.3 Å². The Morgan fingerprint density at radius 1 is 0.649 bits per heavy atom. The zero-order chi connectivity index (χ0) is 39.4. The maximum atomic E-state index is 14.7. The zero-order valence-electron chi connectivity index (χ0n) is 32.7. The van der Waals surface area contributed by atoms with E-state index in [9.17, 15) is 17.6 Å². The highest BCUT2D eigenvalue weighted by Gasteiger charge is 2.50. The average molecular weight is 787 g/mol. The molecule has 4 aromatic heterocycles. The summed E-state index contributed by atoms with van der Waals surface area (Å²) in [6.07, 6.45) is 16.8. The van der Waals surface area contributed by atoms with Gasteiger partial charge in [-0.2, -0.15) is 13.2 Å². The fourth-order valence-corrected chi connectivity index (χ4v) is 10.5. The maximum absolute atomic E-state index is 14.7. The first-order valence-electron chi connectivity index (χ1n) is 20.8. The van der Waals surface area contributed by atoms with Crippen molar-refractivity contribution in [1.82, 2.24) is 30.6 Å². The Bertz CT molecular complexity index is 1950. The van der Waals surface area contributed by atoms with Crippen molar-refractivity contribution < 1.29 is 27.0 Å². The number of alkyl halides is 3. The van der Waals surface area contributed by atoms with Crippen molar-refractivity contribution in [3.8, 4) is 11.3 Å². The summed E-state index contributed by atoms with van der Waals surface area (Å²) in [4.78, 5) is 18.0. The third-order valence-corrected chi connectivity index (χ3v) is 13.3. The van der Waals surface area contributed by atoms with Crippen LogP contribution in [-0.2, 0) is 39.6 Å². The first-order chi connectivity index (χ1) is 27.6. The molecule has 2 N–H and O–H groups in total. The molecule has 0 unspecified atom stereocenters. The molecule has 6 heterocycles. The molecule has 2 spiro atoms. The molecule has 2 aliphatic carbocycles. The summed E-state index contributed by atoms with van der Waals surface area (Å²) >= 11 is 0. The Morgan fingerprint density at radius 2 is 1.26 bits per heavy atom. The lowest BCUT2D eigenvalue weighted by molar-refractivity contribution is -0.137. The van der Waals surface area contributed by atoms with Crippen LogP contribution in [0.4, 0.5) is 17.6 Å². The summed E-state index contributed by atoms with van der Waals surface area (Å²) in [6.45, 7) is 3.33. The third kappa shape index (κ3) is 8.94. The number of nitrogens with zero attached hydrogens (tertiary/aromatic N) is 4. The van der Waals surface area contributed by atoms with E-state index in [4.69, 9.17) is 19.4 Å². The molecule has 304 valence electrons. The normalized spacial score (nSPS) is 24.4. The Morgan fingerprint density at radius 3 is 1.81 bits per heavy atom. The smallest absolute Gasteiger partial charge is 0.375 e. The molecular weight excluding hydrogens is 733 g/mol. The predicted octanol–water partition coefficient (Wildman–Crippen LogP) is 9.17. The molecule has 2 atom stereocenters. The minimum absolute atomic E-state index is 0.103. The number of nitrogens with one attached hydrogen (secondary N) is 2. The van der Waals surface area contributed by atoms with Crippen LogP contribution in [0.15, 0.2) is 73.4 Å². The number of halogens is 4. The van der Waals surface area contributed by atoms with Gasteiger partial charge < -0.3 is 20.1 Å². The quantitative estimate of drug-likeness (QED) is 0.102. The van der Waals surface area contributed by atoms with E-state index >= 15 is 0 Å². The largest absolute Gasteiger partial charge is 0.418 e. The van der Waals surface area contributed by atoms with Crippen LogP contribution < -0.4 is 10.6 Å². The molecule has 4 fully saturated rings. The minimum atomic E-state index is -4.60. The summed E-state index contributed by atoms with van der Waals surface area (Å²) in [5, 5.41) is 6.89. The lowest BCUT2D eigenvalue weighted by Gasteiger charge is -2.46. The van der Waals surface area contributed by atoms with Gasteiger partial charge in [0.25, 0.3) is 0 Å². The molecule has 0 aromatic carbocycles. The standard InChI is InChI=1S/C45H54F4N6O2/c46-36-23-33(27-52-30-36)25-50-20-15-42(17-22-57-44(32-42)12-4-5-13-44)39-9-8-35(29-54-39)40-37(45(47,48)49)24-34(28-55-40)26-51-19-14-41(38-7-1-6-18-53-38)16-21-56-43(31-41)10-2-3-11-43/h1,6-9,18,23-24,27-30,50-51H,2-5,10-17,19-22,25-26,31-32H2/t41-,42-/m1/s1. The first-order valence-corrected chi connectivity index (χ1v) is 20.8. The number of hydrogen-bond donors (Lipinski definition) is 2. The summed E-state index contributed by atoms with van der Waals surface area (Å²) in [7, 11) is 0. The second-order valence-corrected chi connectivity index (χ2v) is 17.1. The maximum Gasteiger partial charge on any atom is 0.418 e. The van der Waals surface area contributed by atoms with Crippen LogP contribution in [0.2, 0.25) is 0 Å². The minimum Gasteiger partial charge on any atom is -0.375 e. The van der Waals surface area contributed by atoms with Gasteiger partial charge in [-0.05, 0) is 125 Å². The van der Waals surface area contributed by atoms with Gasteiger partial charge in [0.05, 0.1) is 28.7 Å². The van der Waals surface area contributed by atoms with Gasteiger partial charge >= 0.3 is 6.18 Å². The summed E-state index contributed by atoms with van der Waals surface area (Å²) in [6, 6.07) is 12.4. The molecule has 12 heteroatoms. The molecule has 57 heavy (non-hydrogen) atoms. The van der Waals surface area contributed by atoms with Crippen molar-refractivity contribution in [3.05, 3.63) is 107 Å². The van der Waals surface area contributed by atoms with E-state index in [1.807, 2.05) is 24.4 Å². The average Bonchev–Trinajstić information content (AvgIpc) is 3.87. The Balaban J connectivity index is 0.966. The predicted molar refractivity (Wildman–Crippen MR) is 210 cm³/mol. The molecular formula is C45H54F4N6O2. The van der Waals surface area contributed by atoms with Gasteiger partial charge in [0.1, 0.15) is 5.82 Å². The molecule has 8 nitrogen and oxygen atoms in total. The van der Waals surface area contributed by atoms with Crippen molar-refractivity contribution in [3.63, 3.8) is 0 Å². The number of ether oxygens (including phenoxy) is 2. The second kappa shape index (κ2) is 16.8. The number of hydrogen-bond acceptors (Lipinski definition) is 8. The van der Waals surface area contributed by atoms with Crippen molar-refractivity contribution in [2.45, 2.75) is 131 Å². The van der Waals surface area contributed by atoms with Crippen molar-refractivity contribution in [2.75, 3.05) is 26.3 Å². The highest BCUT2D eigenvalue weighted by molar-refractivity contribution is 5.63. The fourth-order valence-electron chi connectivity index (χ4n) is 10.5. The molecule has 4 aromatic rings. The Hall–Kier alpha value is -3.84. The van der Waals surface area contributed by atoms with Crippen molar-refractivity contribution in [2.24, 2.45) is 0 Å². The second-order valence-electron chi connectivity index (χ2n) is 17.1. The van der Waals surface area contributed by atoms with E-state index in [1.165, 1.54) is 31.2 Å². The van der Waals surface area contributed by atoms with Crippen LogP contribution in [0.3, 0.4) is 0 Å². The monoisotopic (exact) mass is 786 g/mol. The van der Waals surface area contributed by atoms with Crippen LogP contribution >= 0.6 is 0 Å². The number of rotatable bonds is 13. The van der Waals surface area contributed by atoms with Crippen molar-refractivity contribution in [1.29, 1.82) is 0 Å². The highest BCUT2D eigenvalue weighted by Crippen LogP contribution is 2.51. The summed E-state index contributed by atoms with van der Waals surface area (Å²) in [5.41, 5.74) is 1.84. The SMILES string of the molecule is Fc1cncc(CNCC[C@@]2(c3ccc(-c4ncc(CNCC[C@@]5(c6ccccn6)CCOC6(CCCC6)C5)cc4C(F)(F)F)cn3)CCOC3(CCCC3)C2)c1. The molecule has 8 rings (SSSR count). The summed E-state index contributed by atoms with van der Waals surface area (Å²) < 4.78 is 70.6. The van der Waals surface area contributed by atoms with Crippen molar-refractivity contribution >= 4 is 0 Å². The van der Waals surface area contributed by atoms with E-state index < -0.39 is 11.7 Å². The molecule has 2 aliphatic heterocycles. The first kappa shape index (κ1) is 40.0. The molecule has 2 saturated heterocycles. The fraction of sp³-hybridized carbons (Fsp3) is 0.556. The topological polar surface area (TPSA) is 94.1 Å². The lowest BCUT2D eigenvalue weighted by Crippen LogP contribution is -2.47. The van der Waals surface area contributed by atoms with Gasteiger partial charge in [-0.15, -0.1) is 0 Å². The zero-order valence-corrected chi connectivity index (χ0v) is 32.7. The number of pyridine rings is 4. The molecule has 4 aliphatic rings. The van der Waals surface area contributed by atoms with Gasteiger partial charge in [-0.1, -0.05) is 31.7 Å². The van der Waals surface area contributed by atoms with Crippen LogP contribution in [-0.4, -0.2) is 57.4 Å². The van der Waals surface area contributed by atoms with Gasteiger partial charge in [0.2, 0.25) is 0 Å². The molecule has 2 saturated carbocycles. The van der Waals surface area contributed by atoms with E-state index in [0.717, 1.165) is 94.0 Å². The van der Waals surface area contributed by atoms with E-state index in [0.29, 0.717) is 44.0 Å². The number of aromatic nitrogens is 4. The van der Waals surface area contributed by atoms with Gasteiger partial charge in [-0.3, -0.25) is 19.9 Å². The Kier molecular flexibility index (Phi) is 11.8. The van der Waals surface area contributed by atoms with E-state index in [2.05, 4.69) is 26.7 Å². The van der Waals surface area contributed by atoms with Gasteiger partial charge in [0.15, 0.2) is 0 Å². The lowest BCUT2D eigenvalue weighted by atomic mass is 9.68. The van der Waals surface area contributed by atoms with E-state index in [1.54, 1.807) is 24.7 Å². The third-order valence-electron chi connectivity index (χ3n) is 13.3. The van der Waals surface area contributed by atoms with Gasteiger partial charge in [0, 0.05) is 78.9 Å². The van der Waals surface area contributed by atoms with E-state index in [-0.39, 0.29) is 40.1 Å². The molecule has 0 radical (unpaired) electrons. The molecule has 0 amide bonds. The summed E-state index contributed by atoms with van der Waals surface area (Å²) in [5.74, 6) is -0.370. The van der Waals surface area contributed by atoms with Crippen LogP contribution in [0, 0.1) is 5.82 Å². The van der Waals surface area contributed by atoms with Gasteiger partial charge in [-0.25, -0.2) is 4.39 Å².